The number of hydrogen-bond acceptors (Lipinski definition) is 3. The molecule has 2 atom stereocenters. The Hall–Kier alpha value is 0.270. The molecule has 0 aliphatic carbocycles. The summed E-state index contributed by atoms with van der Waals surface area (Å²) in [5.74, 6) is 2.54. The van der Waals surface area contributed by atoms with Crippen molar-refractivity contribution in [2.45, 2.75) is 38.8 Å². The first kappa shape index (κ1) is 11.3. The van der Waals surface area contributed by atoms with Crippen LogP contribution in [0.25, 0.3) is 0 Å². The summed E-state index contributed by atoms with van der Waals surface area (Å²) < 4.78 is 0. The summed E-state index contributed by atoms with van der Waals surface area (Å²) >= 11 is 2.04. The average molecular weight is 202 g/mol. The SMILES string of the molecule is CCSCCC(C)N1CCC(N)C1. The Balaban J connectivity index is 2.12. The molecule has 3 heteroatoms. The molecule has 2 N–H and O–H groups in total. The van der Waals surface area contributed by atoms with Crippen LogP contribution >= 0.6 is 11.8 Å². The maximum Gasteiger partial charge on any atom is 0.0180 e. The first-order valence-corrected chi connectivity index (χ1v) is 6.47. The van der Waals surface area contributed by atoms with Crippen molar-refractivity contribution in [2.75, 3.05) is 24.6 Å². The highest BCUT2D eigenvalue weighted by atomic mass is 32.2. The van der Waals surface area contributed by atoms with Crippen molar-refractivity contribution in [3.8, 4) is 0 Å². The fraction of sp³-hybridized carbons (Fsp3) is 1.00. The molecule has 1 saturated heterocycles. The number of rotatable bonds is 5. The van der Waals surface area contributed by atoms with Crippen LogP contribution in [-0.2, 0) is 0 Å². The minimum atomic E-state index is 0.432. The second-order valence-corrected chi connectivity index (χ2v) is 5.27. The van der Waals surface area contributed by atoms with Crippen molar-refractivity contribution in [3.63, 3.8) is 0 Å². The molecule has 0 aromatic heterocycles. The van der Waals surface area contributed by atoms with Crippen molar-refractivity contribution in [1.82, 2.24) is 4.90 Å². The topological polar surface area (TPSA) is 29.3 Å². The van der Waals surface area contributed by atoms with Gasteiger partial charge in [0.2, 0.25) is 0 Å². The second kappa shape index (κ2) is 5.89. The van der Waals surface area contributed by atoms with E-state index in [1.54, 1.807) is 0 Å². The van der Waals surface area contributed by atoms with Crippen molar-refractivity contribution in [1.29, 1.82) is 0 Å². The summed E-state index contributed by atoms with van der Waals surface area (Å²) in [4.78, 5) is 2.53. The van der Waals surface area contributed by atoms with Crippen molar-refractivity contribution in [2.24, 2.45) is 5.73 Å². The Kier molecular flexibility index (Phi) is 5.14. The zero-order valence-corrected chi connectivity index (χ0v) is 9.65. The maximum absolute atomic E-state index is 5.87. The molecule has 0 radical (unpaired) electrons. The van der Waals surface area contributed by atoms with Gasteiger partial charge in [-0.25, -0.2) is 0 Å². The molecule has 1 rings (SSSR count). The van der Waals surface area contributed by atoms with E-state index < -0.39 is 0 Å². The van der Waals surface area contributed by atoms with E-state index in [4.69, 9.17) is 5.73 Å². The average Bonchev–Trinajstić information content (AvgIpc) is 2.52. The maximum atomic E-state index is 5.87. The molecule has 2 nitrogen and oxygen atoms in total. The van der Waals surface area contributed by atoms with Crippen LogP contribution in [0.1, 0.15) is 26.7 Å². The third-order valence-corrected chi connectivity index (χ3v) is 3.70. The quantitative estimate of drug-likeness (QED) is 0.686. The molecule has 78 valence electrons. The molecule has 0 saturated carbocycles. The standard InChI is InChI=1S/C10H22N2S/c1-3-13-7-5-9(2)12-6-4-10(11)8-12/h9-10H,3-8,11H2,1-2H3. The molecule has 13 heavy (non-hydrogen) atoms. The van der Waals surface area contributed by atoms with Crippen molar-refractivity contribution < 1.29 is 0 Å². The van der Waals surface area contributed by atoms with E-state index in [0.717, 1.165) is 12.6 Å². The van der Waals surface area contributed by atoms with Crippen LogP contribution < -0.4 is 5.73 Å². The van der Waals surface area contributed by atoms with Gasteiger partial charge in [-0.1, -0.05) is 6.92 Å². The fourth-order valence-electron chi connectivity index (χ4n) is 1.80. The van der Waals surface area contributed by atoms with Crippen molar-refractivity contribution in [3.05, 3.63) is 0 Å². The van der Waals surface area contributed by atoms with Gasteiger partial charge >= 0.3 is 0 Å². The Bertz CT molecular complexity index is 141. The Labute approximate surface area is 86.2 Å². The van der Waals surface area contributed by atoms with Gasteiger partial charge in [0, 0.05) is 18.6 Å². The minimum Gasteiger partial charge on any atom is -0.326 e. The number of thioether (sulfide) groups is 1. The zero-order chi connectivity index (χ0) is 9.68. The van der Waals surface area contributed by atoms with Crippen LogP contribution in [0.2, 0.25) is 0 Å². The molecule has 1 aliphatic heterocycles. The highest BCUT2D eigenvalue weighted by Gasteiger charge is 2.22. The van der Waals surface area contributed by atoms with Crippen LogP contribution in [-0.4, -0.2) is 41.6 Å². The third-order valence-electron chi connectivity index (χ3n) is 2.76. The summed E-state index contributed by atoms with van der Waals surface area (Å²) in [5, 5.41) is 0. The number of nitrogens with two attached hydrogens (primary N) is 1. The summed E-state index contributed by atoms with van der Waals surface area (Å²) in [7, 11) is 0. The summed E-state index contributed by atoms with van der Waals surface area (Å²) in [6, 6.07) is 1.16. The van der Waals surface area contributed by atoms with Gasteiger partial charge in [-0.15, -0.1) is 0 Å². The van der Waals surface area contributed by atoms with Gasteiger partial charge in [0.1, 0.15) is 0 Å². The van der Waals surface area contributed by atoms with E-state index in [1.807, 2.05) is 11.8 Å². The minimum absolute atomic E-state index is 0.432. The van der Waals surface area contributed by atoms with Crippen LogP contribution in [0.4, 0.5) is 0 Å². The highest BCUT2D eigenvalue weighted by Crippen LogP contribution is 2.15. The molecule has 0 spiro atoms. The van der Waals surface area contributed by atoms with Crippen LogP contribution in [0, 0.1) is 0 Å². The summed E-state index contributed by atoms with van der Waals surface area (Å²) in [6.07, 6.45) is 2.50. The van der Waals surface area contributed by atoms with Gasteiger partial charge < -0.3 is 5.73 Å². The Morgan fingerprint density at radius 3 is 2.92 bits per heavy atom. The van der Waals surface area contributed by atoms with Crippen LogP contribution in [0.15, 0.2) is 0 Å². The lowest BCUT2D eigenvalue weighted by atomic mass is 10.2. The lowest BCUT2D eigenvalue weighted by Gasteiger charge is -2.23. The first-order valence-electron chi connectivity index (χ1n) is 5.31. The van der Waals surface area contributed by atoms with Gasteiger partial charge in [-0.05, 0) is 37.8 Å². The molecule has 0 bridgehead atoms. The van der Waals surface area contributed by atoms with E-state index in [2.05, 4.69) is 18.7 Å². The van der Waals surface area contributed by atoms with Crippen LogP contribution in [0.3, 0.4) is 0 Å². The molecule has 1 fully saturated rings. The smallest absolute Gasteiger partial charge is 0.0180 e. The molecule has 1 heterocycles. The molecule has 0 aromatic rings. The molecular weight excluding hydrogens is 180 g/mol. The summed E-state index contributed by atoms with van der Waals surface area (Å²) in [5.41, 5.74) is 5.87. The highest BCUT2D eigenvalue weighted by molar-refractivity contribution is 7.99. The van der Waals surface area contributed by atoms with E-state index >= 15 is 0 Å². The van der Waals surface area contributed by atoms with Gasteiger partial charge in [0.15, 0.2) is 0 Å². The van der Waals surface area contributed by atoms with Gasteiger partial charge in [0.05, 0.1) is 0 Å². The van der Waals surface area contributed by atoms with E-state index in [1.165, 1.54) is 30.9 Å². The van der Waals surface area contributed by atoms with Gasteiger partial charge in [-0.3, -0.25) is 4.90 Å². The molecular formula is C10H22N2S. The monoisotopic (exact) mass is 202 g/mol. The van der Waals surface area contributed by atoms with E-state index in [9.17, 15) is 0 Å². The zero-order valence-electron chi connectivity index (χ0n) is 8.83. The van der Waals surface area contributed by atoms with Gasteiger partial charge in [-0.2, -0.15) is 11.8 Å². The van der Waals surface area contributed by atoms with Crippen LogP contribution in [0.5, 0.6) is 0 Å². The largest absolute Gasteiger partial charge is 0.326 e. The summed E-state index contributed by atoms with van der Waals surface area (Å²) in [6.45, 7) is 6.87. The molecule has 1 aliphatic rings. The Morgan fingerprint density at radius 1 is 1.62 bits per heavy atom. The second-order valence-electron chi connectivity index (χ2n) is 3.88. The Morgan fingerprint density at radius 2 is 2.38 bits per heavy atom. The number of likely N-dealkylation sites (tertiary alicyclic amines) is 1. The lowest BCUT2D eigenvalue weighted by molar-refractivity contribution is 0.251. The number of nitrogens with zero attached hydrogens (tertiary/aromatic N) is 1. The molecule has 2 unspecified atom stereocenters. The number of hydrogen-bond donors (Lipinski definition) is 1. The van der Waals surface area contributed by atoms with Crippen molar-refractivity contribution >= 4 is 11.8 Å². The molecule has 0 amide bonds. The predicted molar refractivity (Wildman–Crippen MR) is 61.2 cm³/mol. The van der Waals surface area contributed by atoms with E-state index in [0.29, 0.717) is 6.04 Å². The first-order chi connectivity index (χ1) is 6.24. The third kappa shape index (κ3) is 3.88. The lowest BCUT2D eigenvalue weighted by Crippen LogP contribution is -2.33. The van der Waals surface area contributed by atoms with Gasteiger partial charge in [0.25, 0.3) is 0 Å². The van der Waals surface area contributed by atoms with E-state index in [-0.39, 0.29) is 0 Å². The molecule has 0 aromatic carbocycles. The fourth-order valence-corrected chi connectivity index (χ4v) is 2.59. The predicted octanol–water partition coefficient (Wildman–Crippen LogP) is 1.55. The normalized spacial score (nSPS) is 26.5.